The van der Waals surface area contributed by atoms with Crippen molar-refractivity contribution in [3.8, 4) is 0 Å². The van der Waals surface area contributed by atoms with Gasteiger partial charge in [-0.1, -0.05) is 0 Å². The van der Waals surface area contributed by atoms with Crippen molar-refractivity contribution in [1.29, 1.82) is 0 Å². The van der Waals surface area contributed by atoms with E-state index in [0.29, 0.717) is 12.7 Å². The first-order valence-corrected chi connectivity index (χ1v) is 3.80. The summed E-state index contributed by atoms with van der Waals surface area (Å²) in [5.41, 5.74) is 0. The fourth-order valence-electron chi connectivity index (χ4n) is 0.975. The fraction of sp³-hybridized carbons (Fsp3) is 0.500. The Balaban J connectivity index is 0.000000720. The molecule has 1 aromatic heterocycles. The van der Waals surface area contributed by atoms with E-state index in [0.717, 1.165) is 18.8 Å². The molecule has 0 amide bonds. The Bertz CT molecular complexity index is 209. The average Bonchev–Trinajstić information content (AvgIpc) is 2.36. The molecule has 1 aliphatic rings. The molecule has 0 aliphatic carbocycles. The highest BCUT2D eigenvalue weighted by Gasteiger charge is 2.16. The van der Waals surface area contributed by atoms with Crippen molar-refractivity contribution in [3.05, 3.63) is 24.2 Å². The Morgan fingerprint density at radius 1 is 1.58 bits per heavy atom. The maximum Gasteiger partial charge on any atom is 0.129 e. The maximum absolute atomic E-state index is 5.47. The van der Waals surface area contributed by atoms with E-state index in [2.05, 4.69) is 5.32 Å². The van der Waals surface area contributed by atoms with Gasteiger partial charge in [-0.2, -0.15) is 0 Å². The van der Waals surface area contributed by atoms with Gasteiger partial charge in [0.15, 0.2) is 0 Å². The van der Waals surface area contributed by atoms with Gasteiger partial charge in [-0.05, 0) is 12.1 Å². The molecule has 0 atom stereocenters. The van der Waals surface area contributed by atoms with Gasteiger partial charge >= 0.3 is 0 Å². The smallest absolute Gasteiger partial charge is 0.129 e. The van der Waals surface area contributed by atoms with Crippen molar-refractivity contribution in [2.24, 2.45) is 0 Å². The molecule has 0 saturated carbocycles. The predicted molar refractivity (Wildman–Crippen MR) is 47.4 cm³/mol. The molecular weight excluding hydrogens is 178 g/mol. The minimum atomic E-state index is 0. The Morgan fingerprint density at radius 3 is 2.92 bits per heavy atom. The second-order valence-corrected chi connectivity index (χ2v) is 2.67. The zero-order valence-corrected chi connectivity index (χ0v) is 7.47. The first-order chi connectivity index (χ1) is 5.45. The van der Waals surface area contributed by atoms with Gasteiger partial charge in [-0.15, -0.1) is 12.4 Å². The van der Waals surface area contributed by atoms with Crippen LogP contribution in [0.1, 0.15) is 5.76 Å². The van der Waals surface area contributed by atoms with Crippen LogP contribution in [0.3, 0.4) is 0 Å². The quantitative estimate of drug-likeness (QED) is 0.776. The van der Waals surface area contributed by atoms with Crippen LogP contribution in [0.4, 0.5) is 0 Å². The van der Waals surface area contributed by atoms with Gasteiger partial charge in [0.05, 0.1) is 12.4 Å². The number of ether oxygens (including phenoxy) is 1. The topological polar surface area (TPSA) is 34.4 Å². The molecule has 0 aromatic carbocycles. The monoisotopic (exact) mass is 189 g/mol. The predicted octanol–water partition coefficient (Wildman–Crippen LogP) is 1.19. The number of rotatable bonds is 3. The zero-order chi connectivity index (χ0) is 7.52. The van der Waals surface area contributed by atoms with Crippen LogP contribution in [0.15, 0.2) is 22.8 Å². The fourth-order valence-corrected chi connectivity index (χ4v) is 0.975. The molecule has 12 heavy (non-hydrogen) atoms. The minimum Gasteiger partial charge on any atom is -0.467 e. The van der Waals surface area contributed by atoms with E-state index in [1.54, 1.807) is 6.26 Å². The van der Waals surface area contributed by atoms with Gasteiger partial charge in [0, 0.05) is 13.1 Å². The Kier molecular flexibility index (Phi) is 3.59. The molecule has 0 spiro atoms. The van der Waals surface area contributed by atoms with E-state index >= 15 is 0 Å². The number of halogens is 1. The summed E-state index contributed by atoms with van der Waals surface area (Å²) in [7, 11) is 0. The summed E-state index contributed by atoms with van der Waals surface area (Å²) in [6, 6.07) is 3.80. The van der Waals surface area contributed by atoms with Gasteiger partial charge < -0.3 is 14.5 Å². The molecule has 2 rings (SSSR count). The van der Waals surface area contributed by atoms with Gasteiger partial charge in [-0.3, -0.25) is 0 Å². The normalized spacial score (nSPS) is 16.7. The van der Waals surface area contributed by atoms with E-state index in [4.69, 9.17) is 9.15 Å². The van der Waals surface area contributed by atoms with Gasteiger partial charge in [0.2, 0.25) is 0 Å². The molecule has 1 aromatic rings. The lowest BCUT2D eigenvalue weighted by molar-refractivity contribution is -0.0000724. The first-order valence-electron chi connectivity index (χ1n) is 3.80. The van der Waals surface area contributed by atoms with Crippen molar-refractivity contribution in [3.63, 3.8) is 0 Å². The molecule has 1 N–H and O–H groups in total. The lowest BCUT2D eigenvalue weighted by Crippen LogP contribution is -2.48. The third kappa shape index (κ3) is 2.24. The van der Waals surface area contributed by atoms with Crippen molar-refractivity contribution in [2.45, 2.75) is 12.7 Å². The van der Waals surface area contributed by atoms with Crippen LogP contribution in [0.2, 0.25) is 0 Å². The molecule has 2 heterocycles. The number of nitrogens with one attached hydrogen (secondary N) is 1. The van der Waals surface area contributed by atoms with Crippen LogP contribution in [0, 0.1) is 0 Å². The largest absolute Gasteiger partial charge is 0.467 e. The average molecular weight is 190 g/mol. The second-order valence-electron chi connectivity index (χ2n) is 2.67. The molecule has 0 radical (unpaired) electrons. The summed E-state index contributed by atoms with van der Waals surface area (Å²) < 4.78 is 10.6. The van der Waals surface area contributed by atoms with Crippen molar-refractivity contribution >= 4 is 12.4 Å². The summed E-state index contributed by atoms with van der Waals surface area (Å²) in [5, 5.41) is 3.14. The third-order valence-electron chi connectivity index (χ3n) is 1.79. The van der Waals surface area contributed by atoms with Crippen molar-refractivity contribution < 1.29 is 9.15 Å². The molecule has 68 valence electrons. The van der Waals surface area contributed by atoms with E-state index in [1.165, 1.54) is 0 Å². The van der Waals surface area contributed by atoms with E-state index in [9.17, 15) is 0 Å². The Hall–Kier alpha value is -0.510. The first kappa shape index (κ1) is 9.58. The second kappa shape index (κ2) is 4.50. The molecule has 1 saturated heterocycles. The van der Waals surface area contributed by atoms with Crippen molar-refractivity contribution in [2.75, 3.05) is 13.1 Å². The molecule has 3 nitrogen and oxygen atoms in total. The summed E-state index contributed by atoms with van der Waals surface area (Å²) in [5.74, 6) is 0.900. The molecule has 0 unspecified atom stereocenters. The number of furan rings is 1. The molecule has 0 bridgehead atoms. The standard InChI is InChI=1S/C8H11NO2.ClH/c1-2-7(10-3-1)6-11-8-4-9-5-8;/h1-3,8-9H,4-6H2;1H. The summed E-state index contributed by atoms with van der Waals surface area (Å²) >= 11 is 0. The Morgan fingerprint density at radius 2 is 2.42 bits per heavy atom. The van der Waals surface area contributed by atoms with E-state index in [1.807, 2.05) is 12.1 Å². The van der Waals surface area contributed by atoms with Gasteiger partial charge in [0.1, 0.15) is 12.4 Å². The highest BCUT2D eigenvalue weighted by atomic mass is 35.5. The van der Waals surface area contributed by atoms with Crippen LogP contribution in [-0.4, -0.2) is 19.2 Å². The maximum atomic E-state index is 5.47. The highest BCUT2D eigenvalue weighted by Crippen LogP contribution is 2.06. The van der Waals surface area contributed by atoms with Crippen LogP contribution in [0.25, 0.3) is 0 Å². The number of hydrogen-bond donors (Lipinski definition) is 1. The summed E-state index contributed by atoms with van der Waals surface area (Å²) in [4.78, 5) is 0. The third-order valence-corrected chi connectivity index (χ3v) is 1.79. The molecule has 1 fully saturated rings. The van der Waals surface area contributed by atoms with Crippen LogP contribution >= 0.6 is 12.4 Å². The van der Waals surface area contributed by atoms with Crippen LogP contribution < -0.4 is 5.32 Å². The molecule has 4 heteroatoms. The Labute approximate surface area is 77.5 Å². The SMILES string of the molecule is Cl.c1coc(COC2CNC2)c1. The lowest BCUT2D eigenvalue weighted by atomic mass is 10.2. The van der Waals surface area contributed by atoms with E-state index < -0.39 is 0 Å². The van der Waals surface area contributed by atoms with Gasteiger partial charge in [-0.25, -0.2) is 0 Å². The molecular formula is C8H12ClNO2. The van der Waals surface area contributed by atoms with E-state index in [-0.39, 0.29) is 12.4 Å². The van der Waals surface area contributed by atoms with Crippen LogP contribution in [0.5, 0.6) is 0 Å². The van der Waals surface area contributed by atoms with Crippen molar-refractivity contribution in [1.82, 2.24) is 5.32 Å². The van der Waals surface area contributed by atoms with Crippen LogP contribution in [-0.2, 0) is 11.3 Å². The molecule has 1 aliphatic heterocycles. The summed E-state index contributed by atoms with van der Waals surface area (Å²) in [6.45, 7) is 2.54. The lowest BCUT2D eigenvalue weighted by Gasteiger charge is -2.26. The minimum absolute atomic E-state index is 0. The number of hydrogen-bond acceptors (Lipinski definition) is 3. The summed E-state index contributed by atoms with van der Waals surface area (Å²) in [6.07, 6.45) is 2.05. The zero-order valence-electron chi connectivity index (χ0n) is 6.66. The highest BCUT2D eigenvalue weighted by molar-refractivity contribution is 5.85. The van der Waals surface area contributed by atoms with Gasteiger partial charge in [0.25, 0.3) is 0 Å².